The van der Waals surface area contributed by atoms with E-state index in [-0.39, 0.29) is 12.2 Å². The maximum atomic E-state index is 9.63. The third-order valence-corrected chi connectivity index (χ3v) is 2.07. The zero-order chi connectivity index (χ0) is 9.84. The van der Waals surface area contributed by atoms with Crippen molar-refractivity contribution in [2.45, 2.75) is 26.7 Å². The van der Waals surface area contributed by atoms with E-state index in [9.17, 15) is 5.11 Å². The second kappa shape index (κ2) is 3.90. The Morgan fingerprint density at radius 2 is 2.31 bits per heavy atom. The van der Waals surface area contributed by atoms with Gasteiger partial charge in [0.1, 0.15) is 5.75 Å². The molecule has 0 atom stereocenters. The summed E-state index contributed by atoms with van der Waals surface area (Å²) < 4.78 is 0. The number of hydrogen-bond acceptors (Lipinski definition) is 3. The molecule has 0 radical (unpaired) electrons. The molecule has 1 aromatic rings. The molecule has 1 rings (SSSR count). The lowest BCUT2D eigenvalue weighted by molar-refractivity contribution is 0.461. The van der Waals surface area contributed by atoms with Crippen LogP contribution < -0.4 is 0 Å². The van der Waals surface area contributed by atoms with Gasteiger partial charge in [-0.05, 0) is 18.9 Å². The van der Waals surface area contributed by atoms with Crippen molar-refractivity contribution in [3.63, 3.8) is 0 Å². The number of aryl methyl sites for hydroxylation is 2. The summed E-state index contributed by atoms with van der Waals surface area (Å²) in [4.78, 5) is 4.03. The first-order valence-corrected chi connectivity index (χ1v) is 4.24. The molecule has 0 aromatic carbocycles. The van der Waals surface area contributed by atoms with Gasteiger partial charge in [0.15, 0.2) is 0 Å². The van der Waals surface area contributed by atoms with Gasteiger partial charge >= 0.3 is 0 Å². The van der Waals surface area contributed by atoms with Crippen molar-refractivity contribution in [3.05, 3.63) is 23.0 Å². The van der Waals surface area contributed by atoms with Crippen molar-refractivity contribution >= 4 is 0 Å². The zero-order valence-electron chi connectivity index (χ0n) is 7.83. The topological polar surface area (TPSA) is 56.9 Å². The van der Waals surface area contributed by atoms with Crippen molar-refractivity contribution in [1.82, 2.24) is 4.98 Å². The molecule has 0 aliphatic rings. The Labute approximate surface area is 77.7 Å². The Balaban J connectivity index is 3.25. The van der Waals surface area contributed by atoms with E-state index in [0.29, 0.717) is 5.69 Å². The smallest absolute Gasteiger partial charge is 0.141 e. The summed E-state index contributed by atoms with van der Waals surface area (Å²) in [7, 11) is 0. The molecule has 1 N–H and O–H groups in total. The van der Waals surface area contributed by atoms with Gasteiger partial charge < -0.3 is 5.11 Å². The summed E-state index contributed by atoms with van der Waals surface area (Å²) >= 11 is 0. The van der Waals surface area contributed by atoms with E-state index in [1.807, 2.05) is 13.0 Å². The molecule has 3 heteroatoms. The fraction of sp³-hybridized carbons (Fsp3) is 0.400. The van der Waals surface area contributed by atoms with Gasteiger partial charge in [0.2, 0.25) is 0 Å². The van der Waals surface area contributed by atoms with E-state index in [0.717, 1.165) is 17.5 Å². The number of aromatic hydroxyl groups is 1. The molecule has 3 nitrogen and oxygen atoms in total. The fourth-order valence-electron chi connectivity index (χ4n) is 1.27. The van der Waals surface area contributed by atoms with Gasteiger partial charge in [-0.2, -0.15) is 5.26 Å². The standard InChI is InChI=1S/C10H12N2O/c1-3-8-6-12-7(2)10(13)9(8)4-5-11/h6,13H,3-4H2,1-2H3. The number of pyridine rings is 1. The Bertz CT molecular complexity index is 353. The predicted octanol–water partition coefficient (Wildman–Crippen LogP) is 1.72. The summed E-state index contributed by atoms with van der Waals surface area (Å²) in [6, 6.07) is 2.04. The number of aromatic nitrogens is 1. The first-order valence-electron chi connectivity index (χ1n) is 4.24. The minimum atomic E-state index is 0.168. The lowest BCUT2D eigenvalue weighted by Crippen LogP contribution is -1.96. The Morgan fingerprint density at radius 3 is 2.85 bits per heavy atom. The van der Waals surface area contributed by atoms with Gasteiger partial charge in [0, 0.05) is 11.8 Å². The third kappa shape index (κ3) is 1.78. The normalized spacial score (nSPS) is 9.62. The molecule has 68 valence electrons. The van der Waals surface area contributed by atoms with Crippen LogP contribution in [-0.4, -0.2) is 10.1 Å². The first kappa shape index (κ1) is 9.53. The van der Waals surface area contributed by atoms with E-state index in [2.05, 4.69) is 4.98 Å². The molecule has 13 heavy (non-hydrogen) atoms. The molecule has 0 fully saturated rings. The highest BCUT2D eigenvalue weighted by Gasteiger charge is 2.09. The lowest BCUT2D eigenvalue weighted by atomic mass is 10.0. The predicted molar refractivity (Wildman–Crippen MR) is 49.3 cm³/mol. The summed E-state index contributed by atoms with van der Waals surface area (Å²) in [6.07, 6.45) is 2.76. The van der Waals surface area contributed by atoms with Crippen LogP contribution in [0.2, 0.25) is 0 Å². The maximum absolute atomic E-state index is 9.63. The van der Waals surface area contributed by atoms with Gasteiger partial charge in [-0.25, -0.2) is 0 Å². The summed E-state index contributed by atoms with van der Waals surface area (Å²) in [5.41, 5.74) is 2.25. The average Bonchev–Trinajstić information content (AvgIpc) is 2.14. The van der Waals surface area contributed by atoms with Crippen LogP contribution in [0.15, 0.2) is 6.20 Å². The largest absolute Gasteiger partial charge is 0.506 e. The molecule has 0 saturated heterocycles. The van der Waals surface area contributed by atoms with Crippen LogP contribution in [0, 0.1) is 18.3 Å². The van der Waals surface area contributed by atoms with E-state index < -0.39 is 0 Å². The molecule has 0 aliphatic carbocycles. The van der Waals surface area contributed by atoms with Gasteiger partial charge in [-0.15, -0.1) is 0 Å². The summed E-state index contributed by atoms with van der Waals surface area (Å²) in [5, 5.41) is 18.2. The molecule has 0 spiro atoms. The van der Waals surface area contributed by atoms with Gasteiger partial charge in [0.05, 0.1) is 18.2 Å². The van der Waals surface area contributed by atoms with Crippen LogP contribution in [0.1, 0.15) is 23.7 Å². The quantitative estimate of drug-likeness (QED) is 0.746. The van der Waals surface area contributed by atoms with E-state index in [1.54, 1.807) is 13.1 Å². The van der Waals surface area contributed by atoms with Crippen molar-refractivity contribution < 1.29 is 5.11 Å². The molecule has 0 unspecified atom stereocenters. The number of hydrogen-bond donors (Lipinski definition) is 1. The molecule has 1 aromatic heterocycles. The minimum Gasteiger partial charge on any atom is -0.506 e. The van der Waals surface area contributed by atoms with Crippen LogP contribution in [-0.2, 0) is 12.8 Å². The summed E-state index contributed by atoms with van der Waals surface area (Å²) in [6.45, 7) is 3.71. The second-order valence-electron chi connectivity index (χ2n) is 2.88. The molecular formula is C10H12N2O. The third-order valence-electron chi connectivity index (χ3n) is 2.07. The van der Waals surface area contributed by atoms with Gasteiger partial charge in [-0.1, -0.05) is 6.92 Å². The Kier molecular flexibility index (Phi) is 2.86. The maximum Gasteiger partial charge on any atom is 0.141 e. The molecular weight excluding hydrogens is 164 g/mol. The van der Waals surface area contributed by atoms with Gasteiger partial charge in [-0.3, -0.25) is 4.98 Å². The highest BCUT2D eigenvalue weighted by molar-refractivity contribution is 5.42. The minimum absolute atomic E-state index is 0.168. The summed E-state index contributed by atoms with van der Waals surface area (Å²) in [5.74, 6) is 0.168. The van der Waals surface area contributed by atoms with E-state index >= 15 is 0 Å². The van der Waals surface area contributed by atoms with Crippen LogP contribution in [0.4, 0.5) is 0 Å². The highest BCUT2D eigenvalue weighted by atomic mass is 16.3. The zero-order valence-corrected chi connectivity index (χ0v) is 7.83. The molecule has 1 heterocycles. The molecule has 0 amide bonds. The first-order chi connectivity index (χ1) is 6.20. The van der Waals surface area contributed by atoms with Crippen LogP contribution in [0.25, 0.3) is 0 Å². The molecule has 0 bridgehead atoms. The Hall–Kier alpha value is -1.56. The van der Waals surface area contributed by atoms with Crippen molar-refractivity contribution in [3.8, 4) is 11.8 Å². The number of nitriles is 1. The second-order valence-corrected chi connectivity index (χ2v) is 2.88. The van der Waals surface area contributed by atoms with E-state index in [4.69, 9.17) is 5.26 Å². The highest BCUT2D eigenvalue weighted by Crippen LogP contribution is 2.24. The van der Waals surface area contributed by atoms with Crippen molar-refractivity contribution in [1.29, 1.82) is 5.26 Å². The number of rotatable bonds is 2. The SMILES string of the molecule is CCc1cnc(C)c(O)c1CC#N. The number of nitrogens with zero attached hydrogens (tertiary/aromatic N) is 2. The van der Waals surface area contributed by atoms with Crippen LogP contribution >= 0.6 is 0 Å². The average molecular weight is 176 g/mol. The van der Waals surface area contributed by atoms with Crippen LogP contribution in [0.3, 0.4) is 0 Å². The molecule has 0 saturated carbocycles. The van der Waals surface area contributed by atoms with Crippen molar-refractivity contribution in [2.75, 3.05) is 0 Å². The van der Waals surface area contributed by atoms with E-state index in [1.165, 1.54) is 0 Å². The fourth-order valence-corrected chi connectivity index (χ4v) is 1.27. The van der Waals surface area contributed by atoms with Crippen molar-refractivity contribution in [2.24, 2.45) is 0 Å². The monoisotopic (exact) mass is 176 g/mol. The lowest BCUT2D eigenvalue weighted by Gasteiger charge is -2.07. The van der Waals surface area contributed by atoms with Gasteiger partial charge in [0.25, 0.3) is 0 Å². The Morgan fingerprint density at radius 1 is 1.62 bits per heavy atom. The molecule has 0 aliphatic heterocycles. The van der Waals surface area contributed by atoms with Crippen LogP contribution in [0.5, 0.6) is 5.75 Å².